The molecule has 4 heteroatoms. The van der Waals surface area contributed by atoms with Gasteiger partial charge in [0.05, 0.1) is 0 Å². The molecule has 1 aromatic heterocycles. The molecular formula is C15H18N2O2. The van der Waals surface area contributed by atoms with Crippen LogP contribution in [-0.2, 0) is 4.74 Å². The molecule has 0 spiro atoms. The molecule has 0 fully saturated rings. The highest BCUT2D eigenvalue weighted by atomic mass is 16.6. The number of aromatic nitrogens is 1. The van der Waals surface area contributed by atoms with Gasteiger partial charge in [0.2, 0.25) is 0 Å². The molecule has 4 nitrogen and oxygen atoms in total. The SMILES string of the molecule is CC(C)(C/C=C/c1c[nH]c2ccccc12)OC(N)=O. The molecule has 1 amide bonds. The molecule has 0 aliphatic carbocycles. The van der Waals surface area contributed by atoms with Crippen LogP contribution in [0.3, 0.4) is 0 Å². The van der Waals surface area contributed by atoms with Gasteiger partial charge in [-0.3, -0.25) is 0 Å². The topological polar surface area (TPSA) is 68.1 Å². The normalized spacial score (nSPS) is 12.1. The number of nitrogens with two attached hydrogens (primary N) is 1. The molecule has 1 aromatic carbocycles. The highest BCUT2D eigenvalue weighted by molar-refractivity contribution is 5.88. The Morgan fingerprint density at radius 1 is 1.42 bits per heavy atom. The minimum Gasteiger partial charge on any atom is -0.443 e. The van der Waals surface area contributed by atoms with E-state index in [2.05, 4.69) is 11.1 Å². The minimum absolute atomic E-state index is 0.589. The number of amides is 1. The Morgan fingerprint density at radius 3 is 2.89 bits per heavy atom. The number of aromatic amines is 1. The second kappa shape index (κ2) is 5.18. The summed E-state index contributed by atoms with van der Waals surface area (Å²) in [7, 11) is 0. The van der Waals surface area contributed by atoms with Crippen molar-refractivity contribution < 1.29 is 9.53 Å². The fourth-order valence-corrected chi connectivity index (χ4v) is 2.02. The smallest absolute Gasteiger partial charge is 0.405 e. The summed E-state index contributed by atoms with van der Waals surface area (Å²) in [4.78, 5) is 14.0. The first-order chi connectivity index (χ1) is 8.98. The second-order valence-corrected chi connectivity index (χ2v) is 5.08. The van der Waals surface area contributed by atoms with Gasteiger partial charge in [0, 0.05) is 23.5 Å². The lowest BCUT2D eigenvalue weighted by atomic mass is 10.0. The van der Waals surface area contributed by atoms with Crippen LogP contribution in [-0.4, -0.2) is 16.7 Å². The average Bonchev–Trinajstić information content (AvgIpc) is 2.71. The lowest BCUT2D eigenvalue weighted by Crippen LogP contribution is -2.30. The number of hydrogen-bond acceptors (Lipinski definition) is 2. The van der Waals surface area contributed by atoms with Crippen LogP contribution < -0.4 is 5.73 Å². The molecule has 0 aliphatic rings. The van der Waals surface area contributed by atoms with Crippen LogP contribution in [0.15, 0.2) is 36.5 Å². The number of carbonyl (C=O) groups is 1. The highest BCUT2D eigenvalue weighted by Crippen LogP contribution is 2.21. The van der Waals surface area contributed by atoms with Crippen molar-refractivity contribution in [2.45, 2.75) is 25.9 Å². The van der Waals surface area contributed by atoms with Crippen LogP contribution in [0.4, 0.5) is 4.79 Å². The second-order valence-electron chi connectivity index (χ2n) is 5.08. The Morgan fingerprint density at radius 2 is 2.16 bits per heavy atom. The molecule has 0 bridgehead atoms. The number of hydrogen-bond donors (Lipinski definition) is 2. The number of benzene rings is 1. The van der Waals surface area contributed by atoms with Gasteiger partial charge in [-0.2, -0.15) is 0 Å². The summed E-state index contributed by atoms with van der Waals surface area (Å²) >= 11 is 0. The van der Waals surface area contributed by atoms with E-state index in [0.29, 0.717) is 6.42 Å². The first kappa shape index (κ1) is 13.2. The Kier molecular flexibility index (Phi) is 3.60. The van der Waals surface area contributed by atoms with Crippen molar-refractivity contribution in [2.75, 3.05) is 0 Å². The molecule has 100 valence electrons. The summed E-state index contributed by atoms with van der Waals surface area (Å²) in [6, 6.07) is 8.10. The molecule has 2 rings (SSSR count). The average molecular weight is 258 g/mol. The Hall–Kier alpha value is -2.23. The third-order valence-electron chi connectivity index (χ3n) is 2.90. The van der Waals surface area contributed by atoms with E-state index in [1.54, 1.807) is 0 Å². The van der Waals surface area contributed by atoms with Crippen molar-refractivity contribution in [3.63, 3.8) is 0 Å². The molecule has 0 unspecified atom stereocenters. The van der Waals surface area contributed by atoms with E-state index in [-0.39, 0.29) is 0 Å². The number of ether oxygens (including phenoxy) is 1. The van der Waals surface area contributed by atoms with Gasteiger partial charge in [0.25, 0.3) is 0 Å². The number of carbonyl (C=O) groups excluding carboxylic acids is 1. The largest absolute Gasteiger partial charge is 0.443 e. The molecule has 3 N–H and O–H groups in total. The third kappa shape index (κ3) is 3.37. The molecule has 19 heavy (non-hydrogen) atoms. The molecule has 0 radical (unpaired) electrons. The highest BCUT2D eigenvalue weighted by Gasteiger charge is 2.19. The zero-order valence-corrected chi connectivity index (χ0v) is 11.1. The van der Waals surface area contributed by atoms with E-state index in [1.807, 2.05) is 50.4 Å². The zero-order valence-electron chi connectivity index (χ0n) is 11.1. The summed E-state index contributed by atoms with van der Waals surface area (Å²) < 4.78 is 5.02. The third-order valence-corrected chi connectivity index (χ3v) is 2.90. The van der Waals surface area contributed by atoms with Crippen LogP contribution >= 0.6 is 0 Å². The van der Waals surface area contributed by atoms with E-state index in [0.717, 1.165) is 11.1 Å². The van der Waals surface area contributed by atoms with E-state index in [1.165, 1.54) is 5.39 Å². The Labute approximate surface area is 112 Å². The summed E-state index contributed by atoms with van der Waals surface area (Å²) in [5, 5.41) is 1.17. The van der Waals surface area contributed by atoms with E-state index in [4.69, 9.17) is 10.5 Å². The Bertz CT molecular complexity index is 611. The van der Waals surface area contributed by atoms with Crippen LogP contribution in [0, 0.1) is 0 Å². The van der Waals surface area contributed by atoms with Gasteiger partial charge in [0.1, 0.15) is 5.60 Å². The predicted molar refractivity (Wildman–Crippen MR) is 76.7 cm³/mol. The Balaban J connectivity index is 2.09. The van der Waals surface area contributed by atoms with Crippen molar-refractivity contribution in [2.24, 2.45) is 5.73 Å². The van der Waals surface area contributed by atoms with Crippen molar-refractivity contribution in [1.82, 2.24) is 4.98 Å². The maximum Gasteiger partial charge on any atom is 0.405 e. The molecule has 0 aliphatic heterocycles. The zero-order chi connectivity index (χ0) is 13.9. The van der Waals surface area contributed by atoms with Gasteiger partial charge >= 0.3 is 6.09 Å². The number of fused-ring (bicyclic) bond motifs is 1. The summed E-state index contributed by atoms with van der Waals surface area (Å²) in [5.74, 6) is 0. The predicted octanol–water partition coefficient (Wildman–Crippen LogP) is 3.45. The maximum atomic E-state index is 10.8. The monoisotopic (exact) mass is 258 g/mol. The first-order valence-corrected chi connectivity index (χ1v) is 6.19. The molecule has 0 saturated heterocycles. The lowest BCUT2D eigenvalue weighted by molar-refractivity contribution is 0.0481. The van der Waals surface area contributed by atoms with Crippen LogP contribution in [0.2, 0.25) is 0 Å². The van der Waals surface area contributed by atoms with Gasteiger partial charge in [-0.15, -0.1) is 0 Å². The first-order valence-electron chi connectivity index (χ1n) is 6.19. The van der Waals surface area contributed by atoms with Crippen LogP contribution in [0.5, 0.6) is 0 Å². The molecule has 2 aromatic rings. The number of nitrogens with one attached hydrogen (secondary N) is 1. The van der Waals surface area contributed by atoms with E-state index >= 15 is 0 Å². The summed E-state index contributed by atoms with van der Waals surface area (Å²) in [6.45, 7) is 3.66. The quantitative estimate of drug-likeness (QED) is 0.882. The summed E-state index contributed by atoms with van der Waals surface area (Å²) in [5.41, 5.74) is 6.66. The maximum absolute atomic E-state index is 10.8. The number of rotatable bonds is 4. The fraction of sp³-hybridized carbons (Fsp3) is 0.267. The number of para-hydroxylation sites is 1. The van der Waals surface area contributed by atoms with Crippen molar-refractivity contribution in [3.05, 3.63) is 42.1 Å². The van der Waals surface area contributed by atoms with E-state index < -0.39 is 11.7 Å². The molecule has 0 atom stereocenters. The minimum atomic E-state index is -0.745. The van der Waals surface area contributed by atoms with Crippen molar-refractivity contribution >= 4 is 23.1 Å². The van der Waals surface area contributed by atoms with Gasteiger partial charge in [-0.05, 0) is 25.5 Å². The van der Waals surface area contributed by atoms with Crippen molar-refractivity contribution in [1.29, 1.82) is 0 Å². The van der Waals surface area contributed by atoms with Crippen LogP contribution in [0.25, 0.3) is 17.0 Å². The van der Waals surface area contributed by atoms with Gasteiger partial charge in [-0.1, -0.05) is 30.4 Å². The standard InChI is InChI=1S/C15H18N2O2/c1-15(2,19-14(16)18)9-5-6-11-10-17-13-8-4-3-7-12(11)13/h3-8,10,17H,9H2,1-2H3,(H2,16,18)/b6-5+. The van der Waals surface area contributed by atoms with Crippen LogP contribution in [0.1, 0.15) is 25.8 Å². The molecule has 0 saturated carbocycles. The number of H-pyrrole nitrogens is 1. The van der Waals surface area contributed by atoms with Gasteiger partial charge in [-0.25, -0.2) is 4.79 Å². The van der Waals surface area contributed by atoms with Crippen molar-refractivity contribution in [3.8, 4) is 0 Å². The number of primary amides is 1. The lowest BCUT2D eigenvalue weighted by Gasteiger charge is -2.21. The van der Waals surface area contributed by atoms with E-state index in [9.17, 15) is 4.79 Å². The molecule has 1 heterocycles. The fourth-order valence-electron chi connectivity index (χ4n) is 2.02. The molecular weight excluding hydrogens is 240 g/mol. The summed E-state index contributed by atoms with van der Waals surface area (Å²) in [6.07, 6.45) is 5.83. The van der Waals surface area contributed by atoms with Gasteiger partial charge < -0.3 is 15.5 Å². The van der Waals surface area contributed by atoms with Gasteiger partial charge in [0.15, 0.2) is 0 Å².